The van der Waals surface area contributed by atoms with Crippen LogP contribution in [0, 0.1) is 13.8 Å². The van der Waals surface area contributed by atoms with E-state index in [1.165, 1.54) is 0 Å². The second-order valence-electron chi connectivity index (χ2n) is 5.34. The van der Waals surface area contributed by atoms with Crippen molar-refractivity contribution in [1.82, 2.24) is 20.1 Å². The second kappa shape index (κ2) is 8.07. The molecule has 7 nitrogen and oxygen atoms in total. The van der Waals surface area contributed by atoms with Crippen LogP contribution in [0.5, 0.6) is 0 Å². The standard InChI is InChI=1S/C16H21N5O2/c1-12-10-18-21(11-12)9-7-15(22)17-8-6-16(23)20-14-5-3-4-13(2)19-14/h3-5,10-11H,6-9H2,1-2H3,(H,17,22)(H,19,20,23). The predicted molar refractivity (Wildman–Crippen MR) is 86.8 cm³/mol. The van der Waals surface area contributed by atoms with Crippen LogP contribution in [0.1, 0.15) is 24.1 Å². The fourth-order valence-corrected chi connectivity index (χ4v) is 2.03. The van der Waals surface area contributed by atoms with E-state index in [0.29, 0.717) is 25.3 Å². The van der Waals surface area contributed by atoms with Crippen molar-refractivity contribution in [2.45, 2.75) is 33.2 Å². The fourth-order valence-electron chi connectivity index (χ4n) is 2.03. The fraction of sp³-hybridized carbons (Fsp3) is 0.375. The van der Waals surface area contributed by atoms with Crippen molar-refractivity contribution >= 4 is 17.6 Å². The molecule has 0 bridgehead atoms. The highest BCUT2D eigenvalue weighted by molar-refractivity contribution is 5.90. The SMILES string of the molecule is Cc1cnn(CCC(=O)NCCC(=O)Nc2cccc(C)n2)c1. The lowest BCUT2D eigenvalue weighted by Crippen LogP contribution is -2.28. The smallest absolute Gasteiger partial charge is 0.227 e. The van der Waals surface area contributed by atoms with E-state index in [0.717, 1.165) is 11.3 Å². The van der Waals surface area contributed by atoms with Crippen LogP contribution in [-0.4, -0.2) is 33.1 Å². The second-order valence-corrected chi connectivity index (χ2v) is 5.34. The summed E-state index contributed by atoms with van der Waals surface area (Å²) in [6.45, 7) is 4.63. The highest BCUT2D eigenvalue weighted by Crippen LogP contribution is 2.04. The van der Waals surface area contributed by atoms with Gasteiger partial charge in [-0.15, -0.1) is 0 Å². The number of aromatic nitrogens is 3. The Morgan fingerprint density at radius 3 is 2.70 bits per heavy atom. The van der Waals surface area contributed by atoms with E-state index in [1.54, 1.807) is 16.9 Å². The first-order valence-corrected chi connectivity index (χ1v) is 7.52. The number of carbonyl (C=O) groups is 2. The summed E-state index contributed by atoms with van der Waals surface area (Å²) in [6.07, 6.45) is 4.18. The first-order valence-electron chi connectivity index (χ1n) is 7.52. The lowest BCUT2D eigenvalue weighted by atomic mass is 10.3. The lowest BCUT2D eigenvalue weighted by Gasteiger charge is -2.07. The Hall–Kier alpha value is -2.70. The maximum Gasteiger partial charge on any atom is 0.227 e. The maximum absolute atomic E-state index is 11.8. The molecule has 122 valence electrons. The van der Waals surface area contributed by atoms with Crippen LogP contribution in [0.25, 0.3) is 0 Å². The van der Waals surface area contributed by atoms with Gasteiger partial charge in [0.1, 0.15) is 5.82 Å². The Balaban J connectivity index is 1.64. The van der Waals surface area contributed by atoms with Gasteiger partial charge in [-0.1, -0.05) is 6.07 Å². The van der Waals surface area contributed by atoms with Crippen LogP contribution >= 0.6 is 0 Å². The average molecular weight is 315 g/mol. The molecular weight excluding hydrogens is 294 g/mol. The van der Waals surface area contributed by atoms with Crippen molar-refractivity contribution in [1.29, 1.82) is 0 Å². The van der Waals surface area contributed by atoms with Crippen molar-refractivity contribution < 1.29 is 9.59 Å². The number of nitrogens with one attached hydrogen (secondary N) is 2. The zero-order chi connectivity index (χ0) is 16.7. The number of rotatable bonds is 7. The molecule has 0 aliphatic heterocycles. The minimum atomic E-state index is -0.175. The molecule has 2 aromatic heterocycles. The van der Waals surface area contributed by atoms with Crippen LogP contribution in [0.15, 0.2) is 30.6 Å². The van der Waals surface area contributed by atoms with Crippen LogP contribution in [0.4, 0.5) is 5.82 Å². The number of hydrogen-bond acceptors (Lipinski definition) is 4. The van der Waals surface area contributed by atoms with Gasteiger partial charge in [0, 0.05) is 37.8 Å². The van der Waals surface area contributed by atoms with Gasteiger partial charge in [-0.3, -0.25) is 14.3 Å². The molecule has 0 aliphatic rings. The van der Waals surface area contributed by atoms with Crippen molar-refractivity contribution in [2.75, 3.05) is 11.9 Å². The zero-order valence-electron chi connectivity index (χ0n) is 13.4. The first kappa shape index (κ1) is 16.7. The van der Waals surface area contributed by atoms with E-state index >= 15 is 0 Å². The highest BCUT2D eigenvalue weighted by Gasteiger charge is 2.06. The molecule has 0 atom stereocenters. The molecule has 2 N–H and O–H groups in total. The van der Waals surface area contributed by atoms with Crippen molar-refractivity contribution in [3.63, 3.8) is 0 Å². The van der Waals surface area contributed by atoms with Gasteiger partial charge in [-0.05, 0) is 31.5 Å². The minimum Gasteiger partial charge on any atom is -0.356 e. The van der Waals surface area contributed by atoms with E-state index in [4.69, 9.17) is 0 Å². The van der Waals surface area contributed by atoms with Gasteiger partial charge >= 0.3 is 0 Å². The molecule has 7 heteroatoms. The molecule has 0 saturated heterocycles. The summed E-state index contributed by atoms with van der Waals surface area (Å²) in [5.74, 6) is 0.251. The van der Waals surface area contributed by atoms with E-state index in [2.05, 4.69) is 20.7 Å². The van der Waals surface area contributed by atoms with Crippen LogP contribution < -0.4 is 10.6 Å². The topological polar surface area (TPSA) is 88.9 Å². The number of carbonyl (C=O) groups excluding carboxylic acids is 2. The molecule has 2 aromatic rings. The molecule has 2 amide bonds. The molecule has 0 saturated carbocycles. The van der Waals surface area contributed by atoms with Crippen LogP contribution in [-0.2, 0) is 16.1 Å². The number of amides is 2. The monoisotopic (exact) mass is 315 g/mol. The summed E-state index contributed by atoms with van der Waals surface area (Å²) in [6, 6.07) is 5.42. The summed E-state index contributed by atoms with van der Waals surface area (Å²) < 4.78 is 1.73. The largest absolute Gasteiger partial charge is 0.356 e. The van der Waals surface area contributed by atoms with Crippen LogP contribution in [0.2, 0.25) is 0 Å². The number of pyridine rings is 1. The van der Waals surface area contributed by atoms with E-state index in [1.807, 2.05) is 32.2 Å². The highest BCUT2D eigenvalue weighted by atomic mass is 16.2. The summed E-state index contributed by atoms with van der Waals surface area (Å²) in [4.78, 5) is 27.7. The quantitative estimate of drug-likeness (QED) is 0.809. The Bertz CT molecular complexity index is 681. The van der Waals surface area contributed by atoms with Gasteiger partial charge < -0.3 is 10.6 Å². The number of hydrogen-bond donors (Lipinski definition) is 2. The van der Waals surface area contributed by atoms with E-state index < -0.39 is 0 Å². The third-order valence-electron chi connectivity index (χ3n) is 3.16. The predicted octanol–water partition coefficient (Wildman–Crippen LogP) is 1.43. The molecule has 2 heterocycles. The van der Waals surface area contributed by atoms with E-state index in [9.17, 15) is 9.59 Å². The number of anilines is 1. The Kier molecular flexibility index (Phi) is 5.85. The molecule has 2 rings (SSSR count). The lowest BCUT2D eigenvalue weighted by molar-refractivity contribution is -0.121. The van der Waals surface area contributed by atoms with E-state index in [-0.39, 0.29) is 18.2 Å². The van der Waals surface area contributed by atoms with Crippen LogP contribution in [0.3, 0.4) is 0 Å². The van der Waals surface area contributed by atoms with Gasteiger partial charge in [-0.2, -0.15) is 5.10 Å². The summed E-state index contributed by atoms with van der Waals surface area (Å²) in [5, 5.41) is 9.54. The molecule has 0 fully saturated rings. The molecule has 0 spiro atoms. The average Bonchev–Trinajstić information content (AvgIpc) is 2.91. The maximum atomic E-state index is 11.8. The van der Waals surface area contributed by atoms with Crippen molar-refractivity contribution in [3.8, 4) is 0 Å². The Labute approximate surface area is 135 Å². The minimum absolute atomic E-state index is 0.0976. The van der Waals surface area contributed by atoms with Gasteiger partial charge in [-0.25, -0.2) is 4.98 Å². The first-order chi connectivity index (χ1) is 11.0. The molecule has 0 radical (unpaired) electrons. The molecule has 0 unspecified atom stereocenters. The Morgan fingerprint density at radius 2 is 2.00 bits per heavy atom. The summed E-state index contributed by atoms with van der Waals surface area (Å²) in [5.41, 5.74) is 1.90. The summed E-state index contributed by atoms with van der Waals surface area (Å²) >= 11 is 0. The summed E-state index contributed by atoms with van der Waals surface area (Å²) in [7, 11) is 0. The van der Waals surface area contributed by atoms with Gasteiger partial charge in [0.15, 0.2) is 0 Å². The van der Waals surface area contributed by atoms with Crippen molar-refractivity contribution in [3.05, 3.63) is 41.9 Å². The molecule has 0 aliphatic carbocycles. The number of aryl methyl sites for hydroxylation is 3. The normalized spacial score (nSPS) is 10.3. The molecular formula is C16H21N5O2. The van der Waals surface area contributed by atoms with Gasteiger partial charge in [0.25, 0.3) is 0 Å². The molecule has 0 aromatic carbocycles. The number of nitrogens with zero attached hydrogens (tertiary/aromatic N) is 3. The van der Waals surface area contributed by atoms with Crippen molar-refractivity contribution in [2.24, 2.45) is 0 Å². The third-order valence-corrected chi connectivity index (χ3v) is 3.16. The Morgan fingerprint density at radius 1 is 1.17 bits per heavy atom. The van der Waals surface area contributed by atoms with Gasteiger partial charge in [0.05, 0.1) is 6.20 Å². The molecule has 23 heavy (non-hydrogen) atoms. The van der Waals surface area contributed by atoms with Gasteiger partial charge in [0.2, 0.25) is 11.8 Å². The third kappa shape index (κ3) is 5.90. The zero-order valence-corrected chi connectivity index (χ0v) is 13.4.